The van der Waals surface area contributed by atoms with E-state index in [-0.39, 0.29) is 5.91 Å². The number of benzene rings is 1. The molecular formula is C16H20N4O. The maximum absolute atomic E-state index is 12.1. The Morgan fingerprint density at radius 1 is 1.38 bits per heavy atom. The fourth-order valence-corrected chi connectivity index (χ4v) is 3.23. The summed E-state index contributed by atoms with van der Waals surface area (Å²) in [5, 5.41) is 15.4. The van der Waals surface area contributed by atoms with Crippen LogP contribution >= 0.6 is 0 Å². The minimum Gasteiger partial charge on any atom is -0.325 e. The van der Waals surface area contributed by atoms with Crippen LogP contribution in [0.15, 0.2) is 24.3 Å². The summed E-state index contributed by atoms with van der Waals surface area (Å²) in [7, 11) is 0. The SMILES string of the molecule is N#Cc1cccc(NC(=O)CN2CCC3CCC(C2)N3)c1. The van der Waals surface area contributed by atoms with E-state index in [4.69, 9.17) is 5.26 Å². The fraction of sp³-hybridized carbons (Fsp3) is 0.500. The largest absolute Gasteiger partial charge is 0.325 e. The number of anilines is 1. The zero-order valence-corrected chi connectivity index (χ0v) is 12.0. The van der Waals surface area contributed by atoms with Gasteiger partial charge in [-0.3, -0.25) is 9.69 Å². The normalized spacial score (nSPS) is 25.1. The van der Waals surface area contributed by atoms with Crippen molar-refractivity contribution in [3.05, 3.63) is 29.8 Å². The third-order valence-electron chi connectivity index (χ3n) is 4.25. The smallest absolute Gasteiger partial charge is 0.238 e. The second-order valence-electron chi connectivity index (χ2n) is 5.90. The molecule has 2 unspecified atom stereocenters. The van der Waals surface area contributed by atoms with Gasteiger partial charge in [0, 0.05) is 30.9 Å². The lowest BCUT2D eigenvalue weighted by atomic mass is 10.1. The maximum Gasteiger partial charge on any atom is 0.238 e. The van der Waals surface area contributed by atoms with Crippen LogP contribution in [0.4, 0.5) is 5.69 Å². The first-order chi connectivity index (χ1) is 10.2. The van der Waals surface area contributed by atoms with Gasteiger partial charge in [-0.2, -0.15) is 5.26 Å². The van der Waals surface area contributed by atoms with Crippen molar-refractivity contribution in [3.8, 4) is 6.07 Å². The Hall–Kier alpha value is -1.90. The molecule has 0 radical (unpaired) electrons. The molecule has 0 spiro atoms. The minimum absolute atomic E-state index is 0.0112. The molecule has 1 aromatic rings. The standard InChI is InChI=1S/C16H20N4O/c17-9-12-2-1-3-14(8-12)19-16(21)11-20-7-6-13-4-5-15(10-20)18-13/h1-3,8,13,15,18H,4-7,10-11H2,(H,19,21). The van der Waals surface area contributed by atoms with E-state index in [2.05, 4.69) is 21.6 Å². The Bertz CT molecular complexity index is 566. The Labute approximate surface area is 124 Å². The van der Waals surface area contributed by atoms with Gasteiger partial charge in [-0.05, 0) is 37.5 Å². The molecule has 1 amide bonds. The predicted molar refractivity (Wildman–Crippen MR) is 80.8 cm³/mol. The van der Waals surface area contributed by atoms with Crippen LogP contribution < -0.4 is 10.6 Å². The third-order valence-corrected chi connectivity index (χ3v) is 4.25. The van der Waals surface area contributed by atoms with Crippen molar-refractivity contribution in [2.24, 2.45) is 0 Å². The lowest BCUT2D eigenvalue weighted by Crippen LogP contribution is -2.39. The summed E-state index contributed by atoms with van der Waals surface area (Å²) in [6.07, 6.45) is 3.60. The second kappa shape index (κ2) is 6.25. The van der Waals surface area contributed by atoms with Gasteiger partial charge in [-0.1, -0.05) is 6.07 Å². The average Bonchev–Trinajstić information content (AvgIpc) is 2.82. The summed E-state index contributed by atoms with van der Waals surface area (Å²) in [6.45, 7) is 2.34. The first-order valence-corrected chi connectivity index (χ1v) is 7.51. The van der Waals surface area contributed by atoms with Crippen molar-refractivity contribution in [3.63, 3.8) is 0 Å². The van der Waals surface area contributed by atoms with E-state index in [9.17, 15) is 4.79 Å². The number of nitriles is 1. The van der Waals surface area contributed by atoms with Gasteiger partial charge in [-0.15, -0.1) is 0 Å². The molecule has 2 N–H and O–H groups in total. The molecule has 110 valence electrons. The number of fused-ring (bicyclic) bond motifs is 2. The number of hydrogen-bond donors (Lipinski definition) is 2. The number of carbonyl (C=O) groups excluding carboxylic acids is 1. The number of likely N-dealkylation sites (tertiary alicyclic amines) is 1. The van der Waals surface area contributed by atoms with Crippen molar-refractivity contribution in [1.82, 2.24) is 10.2 Å². The predicted octanol–water partition coefficient (Wildman–Crippen LogP) is 1.32. The van der Waals surface area contributed by atoms with Crippen LogP contribution in [0.25, 0.3) is 0 Å². The van der Waals surface area contributed by atoms with E-state index in [0.717, 1.165) is 19.5 Å². The molecule has 0 aliphatic carbocycles. The maximum atomic E-state index is 12.1. The molecule has 3 rings (SSSR count). The van der Waals surface area contributed by atoms with Gasteiger partial charge in [0.2, 0.25) is 5.91 Å². The monoisotopic (exact) mass is 284 g/mol. The molecular weight excluding hydrogens is 264 g/mol. The van der Waals surface area contributed by atoms with Crippen LogP contribution in [-0.4, -0.2) is 42.5 Å². The van der Waals surface area contributed by atoms with Gasteiger partial charge in [0.1, 0.15) is 0 Å². The number of hydrogen-bond acceptors (Lipinski definition) is 4. The molecule has 2 atom stereocenters. The Kier molecular flexibility index (Phi) is 4.18. The molecule has 2 saturated heterocycles. The lowest BCUT2D eigenvalue weighted by Gasteiger charge is -2.23. The summed E-state index contributed by atoms with van der Waals surface area (Å²) in [6, 6.07) is 10.3. The van der Waals surface area contributed by atoms with Crippen LogP contribution in [0.1, 0.15) is 24.8 Å². The quantitative estimate of drug-likeness (QED) is 0.878. The molecule has 5 heteroatoms. The summed E-state index contributed by atoms with van der Waals surface area (Å²) >= 11 is 0. The average molecular weight is 284 g/mol. The summed E-state index contributed by atoms with van der Waals surface area (Å²) in [5.41, 5.74) is 1.25. The van der Waals surface area contributed by atoms with E-state index in [1.54, 1.807) is 18.2 Å². The summed E-state index contributed by atoms with van der Waals surface area (Å²) < 4.78 is 0. The molecule has 2 heterocycles. The molecule has 2 aliphatic heterocycles. The van der Waals surface area contributed by atoms with E-state index in [0.29, 0.717) is 29.9 Å². The summed E-state index contributed by atoms with van der Waals surface area (Å²) in [5.74, 6) is -0.0112. The van der Waals surface area contributed by atoms with Crippen molar-refractivity contribution in [2.45, 2.75) is 31.3 Å². The first-order valence-electron chi connectivity index (χ1n) is 7.51. The van der Waals surface area contributed by atoms with Crippen LogP contribution in [0.3, 0.4) is 0 Å². The highest BCUT2D eigenvalue weighted by molar-refractivity contribution is 5.92. The fourth-order valence-electron chi connectivity index (χ4n) is 3.23. The number of carbonyl (C=O) groups is 1. The van der Waals surface area contributed by atoms with Crippen molar-refractivity contribution < 1.29 is 4.79 Å². The molecule has 1 aromatic carbocycles. The topological polar surface area (TPSA) is 68.2 Å². The molecule has 2 aliphatic rings. The number of nitrogens with one attached hydrogen (secondary N) is 2. The highest BCUT2D eigenvalue weighted by atomic mass is 16.2. The van der Waals surface area contributed by atoms with Gasteiger partial charge in [-0.25, -0.2) is 0 Å². The third kappa shape index (κ3) is 3.60. The van der Waals surface area contributed by atoms with Gasteiger partial charge < -0.3 is 10.6 Å². The van der Waals surface area contributed by atoms with Crippen LogP contribution in [0.2, 0.25) is 0 Å². The van der Waals surface area contributed by atoms with E-state index < -0.39 is 0 Å². The highest BCUT2D eigenvalue weighted by Gasteiger charge is 2.29. The minimum atomic E-state index is -0.0112. The first kappa shape index (κ1) is 14.1. The van der Waals surface area contributed by atoms with Crippen LogP contribution in [-0.2, 0) is 4.79 Å². The van der Waals surface area contributed by atoms with Gasteiger partial charge in [0.25, 0.3) is 0 Å². The molecule has 21 heavy (non-hydrogen) atoms. The van der Waals surface area contributed by atoms with Crippen LogP contribution in [0.5, 0.6) is 0 Å². The second-order valence-corrected chi connectivity index (χ2v) is 5.90. The Morgan fingerprint density at radius 2 is 2.24 bits per heavy atom. The van der Waals surface area contributed by atoms with E-state index in [1.807, 2.05) is 6.07 Å². The Morgan fingerprint density at radius 3 is 3.10 bits per heavy atom. The van der Waals surface area contributed by atoms with Crippen molar-refractivity contribution in [2.75, 3.05) is 25.0 Å². The van der Waals surface area contributed by atoms with Crippen LogP contribution in [0, 0.1) is 11.3 Å². The molecule has 0 saturated carbocycles. The van der Waals surface area contributed by atoms with Gasteiger partial charge in [0.15, 0.2) is 0 Å². The lowest BCUT2D eigenvalue weighted by molar-refractivity contribution is -0.117. The van der Waals surface area contributed by atoms with Gasteiger partial charge in [0.05, 0.1) is 18.2 Å². The van der Waals surface area contributed by atoms with Crippen molar-refractivity contribution in [1.29, 1.82) is 5.26 Å². The zero-order chi connectivity index (χ0) is 14.7. The molecule has 2 bridgehead atoms. The number of nitrogens with zero attached hydrogens (tertiary/aromatic N) is 2. The number of amides is 1. The molecule has 0 aromatic heterocycles. The molecule has 2 fully saturated rings. The zero-order valence-electron chi connectivity index (χ0n) is 12.0. The van der Waals surface area contributed by atoms with E-state index in [1.165, 1.54) is 12.8 Å². The highest BCUT2D eigenvalue weighted by Crippen LogP contribution is 2.20. The van der Waals surface area contributed by atoms with Crippen molar-refractivity contribution >= 4 is 11.6 Å². The summed E-state index contributed by atoms with van der Waals surface area (Å²) in [4.78, 5) is 14.4. The Balaban J connectivity index is 1.55. The van der Waals surface area contributed by atoms with E-state index >= 15 is 0 Å². The molecule has 5 nitrogen and oxygen atoms in total. The number of rotatable bonds is 3. The van der Waals surface area contributed by atoms with Gasteiger partial charge >= 0.3 is 0 Å².